The Labute approximate surface area is 147 Å². The molecule has 1 atom stereocenters. The van der Waals surface area contributed by atoms with Crippen LogP contribution in [-0.4, -0.2) is 33.7 Å². The fourth-order valence-electron chi connectivity index (χ4n) is 2.04. The van der Waals surface area contributed by atoms with Gasteiger partial charge in [0.2, 0.25) is 5.91 Å². The summed E-state index contributed by atoms with van der Waals surface area (Å²) in [5, 5.41) is 7.06. The van der Waals surface area contributed by atoms with E-state index in [4.69, 9.17) is 5.73 Å². The molecule has 0 spiro atoms. The van der Waals surface area contributed by atoms with Gasteiger partial charge in [0.25, 0.3) is 0 Å². The molecule has 1 amide bonds. The Hall–Kier alpha value is -1.50. The van der Waals surface area contributed by atoms with Crippen LogP contribution in [-0.2, 0) is 17.9 Å². The highest BCUT2D eigenvalue weighted by atomic mass is 35.5. The Morgan fingerprint density at radius 1 is 1.35 bits per heavy atom. The van der Waals surface area contributed by atoms with E-state index in [1.165, 1.54) is 5.56 Å². The van der Waals surface area contributed by atoms with Crippen LogP contribution < -0.4 is 11.1 Å². The van der Waals surface area contributed by atoms with Gasteiger partial charge in [0.1, 0.15) is 0 Å². The first kappa shape index (κ1) is 19.5. The van der Waals surface area contributed by atoms with Crippen molar-refractivity contribution in [3.8, 4) is 0 Å². The van der Waals surface area contributed by atoms with E-state index in [0.717, 1.165) is 17.9 Å². The molecule has 7 heteroatoms. The van der Waals surface area contributed by atoms with Crippen molar-refractivity contribution >= 4 is 30.1 Å². The number of amides is 1. The molecule has 0 bridgehead atoms. The molecule has 23 heavy (non-hydrogen) atoms. The van der Waals surface area contributed by atoms with E-state index in [9.17, 15) is 4.79 Å². The minimum atomic E-state index is -0.425. The number of benzene rings is 1. The molecule has 1 aromatic carbocycles. The molecule has 0 saturated carbocycles. The lowest BCUT2D eigenvalue weighted by Gasteiger charge is -2.12. The molecule has 3 N–H and O–H groups in total. The summed E-state index contributed by atoms with van der Waals surface area (Å²) >= 11 is 1.70. The van der Waals surface area contributed by atoms with Gasteiger partial charge in [-0.05, 0) is 35.6 Å². The van der Waals surface area contributed by atoms with Crippen LogP contribution in [0.3, 0.4) is 0 Å². The van der Waals surface area contributed by atoms with E-state index in [0.29, 0.717) is 13.0 Å². The molecule has 1 aromatic heterocycles. The highest BCUT2D eigenvalue weighted by Gasteiger charge is 2.12. The average Bonchev–Trinajstić information content (AvgIpc) is 3.04. The number of carbonyl (C=O) groups excluding carboxylic acids is 1. The largest absolute Gasteiger partial charge is 0.351 e. The maximum Gasteiger partial charge on any atom is 0.237 e. The monoisotopic (exact) mass is 354 g/mol. The minimum Gasteiger partial charge on any atom is -0.351 e. The zero-order valence-electron chi connectivity index (χ0n) is 13.1. The molecule has 0 aliphatic carbocycles. The zero-order chi connectivity index (χ0) is 15.8. The molecule has 0 saturated heterocycles. The molecule has 0 radical (unpaired) electrons. The second kappa shape index (κ2) is 10.3. The summed E-state index contributed by atoms with van der Waals surface area (Å²) in [5.74, 6) is 0.811. The van der Waals surface area contributed by atoms with Crippen molar-refractivity contribution in [1.82, 2.24) is 15.1 Å². The second-order valence-electron chi connectivity index (χ2n) is 5.13. The number of aromatic nitrogens is 2. The van der Waals surface area contributed by atoms with Gasteiger partial charge in [-0.2, -0.15) is 16.9 Å². The van der Waals surface area contributed by atoms with Crippen LogP contribution in [0.15, 0.2) is 42.7 Å². The Morgan fingerprint density at radius 3 is 2.65 bits per heavy atom. The standard InChI is InChI=1S/C16H22N4OS.ClH/c1-22-10-7-15(17)16(21)18-11-13-3-5-14(6-4-13)12-20-9-2-8-19-20;/h2-6,8-9,15H,7,10-12,17H2,1H3,(H,18,21);1H. The highest BCUT2D eigenvalue weighted by Crippen LogP contribution is 2.06. The summed E-state index contributed by atoms with van der Waals surface area (Å²) in [6, 6.07) is 9.63. The maximum atomic E-state index is 11.8. The topological polar surface area (TPSA) is 72.9 Å². The molecule has 0 fully saturated rings. The minimum absolute atomic E-state index is 0. The third-order valence-electron chi connectivity index (χ3n) is 3.36. The molecular weight excluding hydrogens is 332 g/mol. The number of carbonyl (C=O) groups is 1. The van der Waals surface area contributed by atoms with Gasteiger partial charge in [-0.15, -0.1) is 12.4 Å². The van der Waals surface area contributed by atoms with Crippen molar-refractivity contribution < 1.29 is 4.79 Å². The number of hydrogen-bond acceptors (Lipinski definition) is 4. The van der Waals surface area contributed by atoms with E-state index < -0.39 is 6.04 Å². The lowest BCUT2D eigenvalue weighted by atomic mass is 10.1. The summed E-state index contributed by atoms with van der Waals surface area (Å²) in [4.78, 5) is 11.8. The van der Waals surface area contributed by atoms with Gasteiger partial charge in [-0.3, -0.25) is 9.48 Å². The molecule has 1 unspecified atom stereocenters. The van der Waals surface area contributed by atoms with Crippen LogP contribution in [0.4, 0.5) is 0 Å². The van der Waals surface area contributed by atoms with E-state index in [-0.39, 0.29) is 18.3 Å². The summed E-state index contributed by atoms with van der Waals surface area (Å²) < 4.78 is 1.88. The van der Waals surface area contributed by atoms with Crippen molar-refractivity contribution in [1.29, 1.82) is 0 Å². The van der Waals surface area contributed by atoms with Gasteiger partial charge in [-0.25, -0.2) is 0 Å². The number of hydrogen-bond donors (Lipinski definition) is 2. The van der Waals surface area contributed by atoms with Crippen molar-refractivity contribution in [2.24, 2.45) is 5.73 Å². The lowest BCUT2D eigenvalue weighted by Crippen LogP contribution is -2.40. The van der Waals surface area contributed by atoms with Gasteiger partial charge in [0, 0.05) is 18.9 Å². The fourth-order valence-corrected chi connectivity index (χ4v) is 2.53. The lowest BCUT2D eigenvalue weighted by molar-refractivity contribution is -0.122. The zero-order valence-corrected chi connectivity index (χ0v) is 14.8. The SMILES string of the molecule is CSCCC(N)C(=O)NCc1ccc(Cn2cccn2)cc1.Cl. The summed E-state index contributed by atoms with van der Waals surface area (Å²) in [7, 11) is 0. The summed E-state index contributed by atoms with van der Waals surface area (Å²) in [5.41, 5.74) is 8.07. The van der Waals surface area contributed by atoms with Crippen LogP contribution >= 0.6 is 24.2 Å². The quantitative estimate of drug-likeness (QED) is 0.761. The molecule has 126 valence electrons. The van der Waals surface area contributed by atoms with Gasteiger partial charge < -0.3 is 11.1 Å². The molecule has 2 rings (SSSR count). The third-order valence-corrected chi connectivity index (χ3v) is 4.01. The average molecular weight is 355 g/mol. The molecule has 2 aromatic rings. The Balaban J connectivity index is 0.00000264. The number of halogens is 1. The highest BCUT2D eigenvalue weighted by molar-refractivity contribution is 7.98. The second-order valence-corrected chi connectivity index (χ2v) is 6.11. The molecule has 0 aliphatic heterocycles. The molecular formula is C16H23ClN4OS. The van der Waals surface area contributed by atoms with Gasteiger partial charge in [0.05, 0.1) is 12.6 Å². The molecule has 0 aliphatic rings. The van der Waals surface area contributed by atoms with E-state index in [1.807, 2.05) is 35.3 Å². The predicted octanol–water partition coefficient (Wildman–Crippen LogP) is 2.05. The Bertz CT molecular complexity index is 574. The summed E-state index contributed by atoms with van der Waals surface area (Å²) in [6.07, 6.45) is 6.42. The smallest absolute Gasteiger partial charge is 0.237 e. The van der Waals surface area contributed by atoms with Crippen molar-refractivity contribution in [2.75, 3.05) is 12.0 Å². The Morgan fingerprint density at radius 2 is 2.04 bits per heavy atom. The Kier molecular flexibility index (Phi) is 8.76. The van der Waals surface area contributed by atoms with Crippen LogP contribution in [0.5, 0.6) is 0 Å². The van der Waals surface area contributed by atoms with Gasteiger partial charge in [-0.1, -0.05) is 24.3 Å². The van der Waals surface area contributed by atoms with Crippen LogP contribution in [0.25, 0.3) is 0 Å². The van der Waals surface area contributed by atoms with Crippen LogP contribution in [0.1, 0.15) is 17.5 Å². The van der Waals surface area contributed by atoms with E-state index in [1.54, 1.807) is 18.0 Å². The molecule has 1 heterocycles. The third kappa shape index (κ3) is 6.64. The van der Waals surface area contributed by atoms with E-state index >= 15 is 0 Å². The maximum absolute atomic E-state index is 11.8. The predicted molar refractivity (Wildman–Crippen MR) is 97.8 cm³/mol. The van der Waals surface area contributed by atoms with Crippen molar-refractivity contribution in [3.05, 3.63) is 53.9 Å². The van der Waals surface area contributed by atoms with E-state index in [2.05, 4.69) is 22.5 Å². The number of rotatable bonds is 8. The van der Waals surface area contributed by atoms with Gasteiger partial charge in [0.15, 0.2) is 0 Å². The normalized spacial score (nSPS) is 11.6. The summed E-state index contributed by atoms with van der Waals surface area (Å²) in [6.45, 7) is 1.26. The number of nitrogens with two attached hydrogens (primary N) is 1. The fraction of sp³-hybridized carbons (Fsp3) is 0.375. The number of nitrogens with one attached hydrogen (secondary N) is 1. The first-order valence-electron chi connectivity index (χ1n) is 7.26. The van der Waals surface area contributed by atoms with Gasteiger partial charge >= 0.3 is 0 Å². The first-order valence-corrected chi connectivity index (χ1v) is 8.66. The first-order chi connectivity index (χ1) is 10.7. The van der Waals surface area contributed by atoms with Crippen LogP contribution in [0, 0.1) is 0 Å². The van der Waals surface area contributed by atoms with Crippen molar-refractivity contribution in [3.63, 3.8) is 0 Å². The van der Waals surface area contributed by atoms with Crippen molar-refractivity contribution in [2.45, 2.75) is 25.6 Å². The van der Waals surface area contributed by atoms with Crippen LogP contribution in [0.2, 0.25) is 0 Å². The number of thioether (sulfide) groups is 1. The molecule has 5 nitrogen and oxygen atoms in total. The number of nitrogens with zero attached hydrogens (tertiary/aromatic N) is 2.